The molecular weight excluding hydrogens is 574 g/mol. The number of hydrogen-bond donors (Lipinski definition) is 1. The number of imidazole rings is 1. The smallest absolute Gasteiger partial charge is 0.328 e. The van der Waals surface area contributed by atoms with Crippen LogP contribution in [0.25, 0.3) is 16.7 Å². The van der Waals surface area contributed by atoms with Crippen molar-refractivity contribution >= 4 is 40.8 Å². The lowest BCUT2D eigenvalue weighted by Gasteiger charge is -2.38. The molecule has 0 unspecified atom stereocenters. The second-order valence-electron chi connectivity index (χ2n) is 10.4. The van der Waals surface area contributed by atoms with Crippen LogP contribution in [0.5, 0.6) is 5.75 Å². The molecule has 0 saturated heterocycles. The summed E-state index contributed by atoms with van der Waals surface area (Å²) in [5.74, 6) is -0.0492. The van der Waals surface area contributed by atoms with Crippen LogP contribution >= 0.6 is 23.8 Å². The molecule has 7 heteroatoms. The predicted molar refractivity (Wildman–Crippen MR) is 176 cm³/mol. The number of rotatable bonds is 8. The van der Waals surface area contributed by atoms with Crippen LogP contribution in [0.2, 0.25) is 5.02 Å². The zero-order valence-corrected chi connectivity index (χ0v) is 25.3. The third-order valence-corrected chi connectivity index (χ3v) is 8.51. The van der Waals surface area contributed by atoms with E-state index in [4.69, 9.17) is 28.6 Å². The Hall–Kier alpha value is -4.49. The van der Waals surface area contributed by atoms with Gasteiger partial charge >= 0.3 is 5.97 Å². The monoisotopic (exact) mass is 603 g/mol. The summed E-state index contributed by atoms with van der Waals surface area (Å²) in [6.45, 7) is 1.83. The fourth-order valence-corrected chi connectivity index (χ4v) is 6.23. The Bertz CT molecular complexity index is 1860. The largest absolute Gasteiger partial charge is 0.423 e. The number of esters is 1. The van der Waals surface area contributed by atoms with Crippen LogP contribution in [0, 0.1) is 4.77 Å². The van der Waals surface area contributed by atoms with Gasteiger partial charge in [0.05, 0.1) is 27.3 Å². The number of carbonyl (C=O) groups is 1. The van der Waals surface area contributed by atoms with E-state index >= 15 is 0 Å². The number of halogens is 1. The molecule has 6 aromatic rings. The van der Waals surface area contributed by atoms with Crippen molar-refractivity contribution in [3.05, 3.63) is 160 Å². The van der Waals surface area contributed by atoms with E-state index in [2.05, 4.69) is 41.7 Å². The van der Waals surface area contributed by atoms with Gasteiger partial charge < -0.3 is 9.30 Å². The molecule has 0 spiro atoms. The average molecular weight is 604 g/mol. The Kier molecular flexibility index (Phi) is 8.00. The first-order valence-electron chi connectivity index (χ1n) is 14.0. The van der Waals surface area contributed by atoms with Gasteiger partial charge in [0, 0.05) is 7.05 Å². The molecule has 5 nitrogen and oxygen atoms in total. The third kappa shape index (κ3) is 5.19. The maximum atomic E-state index is 13.9. The van der Waals surface area contributed by atoms with Gasteiger partial charge in [0.1, 0.15) is 6.04 Å². The van der Waals surface area contributed by atoms with Gasteiger partial charge in [-0.3, -0.25) is 9.88 Å². The number of carbonyl (C=O) groups excluding carboxylic acids is 1. The van der Waals surface area contributed by atoms with Crippen molar-refractivity contribution in [1.82, 2.24) is 14.5 Å². The number of hydrogen-bond acceptors (Lipinski definition) is 4. The summed E-state index contributed by atoms with van der Waals surface area (Å²) >= 11 is 12.5. The van der Waals surface area contributed by atoms with Gasteiger partial charge in [0.2, 0.25) is 0 Å². The van der Waals surface area contributed by atoms with Gasteiger partial charge in [0.15, 0.2) is 10.5 Å². The van der Waals surface area contributed by atoms with E-state index in [1.165, 1.54) is 0 Å². The highest BCUT2D eigenvalue weighted by Crippen LogP contribution is 2.38. The molecule has 0 aliphatic rings. The lowest BCUT2D eigenvalue weighted by atomic mass is 9.76. The van der Waals surface area contributed by atoms with Crippen LogP contribution in [-0.4, -0.2) is 21.1 Å². The molecule has 0 aliphatic carbocycles. The van der Waals surface area contributed by atoms with Crippen molar-refractivity contribution in [2.45, 2.75) is 18.5 Å². The predicted octanol–water partition coefficient (Wildman–Crippen LogP) is 8.23. The molecule has 1 atom stereocenters. The van der Waals surface area contributed by atoms with Crippen LogP contribution in [-0.2, 0) is 17.4 Å². The second kappa shape index (κ2) is 12.0. The number of ether oxygens (including phenoxy) is 1. The van der Waals surface area contributed by atoms with Crippen molar-refractivity contribution in [3.8, 4) is 11.4 Å². The Balaban J connectivity index is 1.41. The maximum Gasteiger partial charge on any atom is 0.328 e. The van der Waals surface area contributed by atoms with E-state index < -0.39 is 17.6 Å². The van der Waals surface area contributed by atoms with E-state index in [-0.39, 0.29) is 0 Å². The van der Waals surface area contributed by atoms with Crippen molar-refractivity contribution in [2.24, 2.45) is 7.05 Å². The average Bonchev–Trinajstić information content (AvgIpc) is 3.31. The lowest BCUT2D eigenvalue weighted by Crippen LogP contribution is -2.52. The van der Waals surface area contributed by atoms with Gasteiger partial charge in [-0.15, -0.1) is 0 Å². The zero-order valence-electron chi connectivity index (χ0n) is 23.8. The Morgan fingerprint density at radius 1 is 0.767 bits per heavy atom. The minimum atomic E-state index is -0.826. The number of aromatic nitrogens is 2. The molecule has 0 fully saturated rings. The number of aryl methyl sites for hydroxylation is 1. The Labute approximate surface area is 261 Å². The summed E-state index contributed by atoms with van der Waals surface area (Å²) in [6.07, 6.45) is 0. The molecule has 0 bridgehead atoms. The van der Waals surface area contributed by atoms with E-state index in [1.807, 2.05) is 114 Å². The van der Waals surface area contributed by atoms with Crippen molar-refractivity contribution in [2.75, 3.05) is 0 Å². The topological polar surface area (TPSA) is 48.2 Å². The van der Waals surface area contributed by atoms with Gasteiger partial charge in [-0.05, 0) is 60.1 Å². The number of benzene rings is 5. The van der Waals surface area contributed by atoms with E-state index in [1.54, 1.807) is 6.07 Å². The molecule has 0 aliphatic heterocycles. The van der Waals surface area contributed by atoms with E-state index in [9.17, 15) is 4.79 Å². The summed E-state index contributed by atoms with van der Waals surface area (Å²) < 4.78 is 10.4. The molecule has 1 N–H and O–H groups in total. The number of nitrogens with zero attached hydrogens (tertiary/aromatic N) is 2. The normalized spacial score (nSPS) is 12.3. The summed E-state index contributed by atoms with van der Waals surface area (Å²) in [5.41, 5.74) is 4.45. The molecule has 0 amide bonds. The highest BCUT2D eigenvalue weighted by atomic mass is 35.5. The van der Waals surface area contributed by atoms with E-state index in [0.717, 1.165) is 27.7 Å². The Morgan fingerprint density at radius 2 is 1.28 bits per heavy atom. The highest BCUT2D eigenvalue weighted by Gasteiger charge is 2.39. The van der Waals surface area contributed by atoms with Gasteiger partial charge in [-0.1, -0.05) is 121 Å². The highest BCUT2D eigenvalue weighted by molar-refractivity contribution is 7.71. The third-order valence-electron chi connectivity index (χ3n) is 7.75. The van der Waals surface area contributed by atoms with E-state index in [0.29, 0.717) is 21.2 Å². The van der Waals surface area contributed by atoms with Gasteiger partial charge in [-0.25, -0.2) is 4.79 Å². The maximum absolute atomic E-state index is 13.9. The summed E-state index contributed by atoms with van der Waals surface area (Å²) in [7, 11) is 1.90. The fraction of sp³-hybridized carbons (Fsp3) is 0.111. The lowest BCUT2D eigenvalue weighted by molar-refractivity contribution is -0.136. The van der Waals surface area contributed by atoms with Crippen molar-refractivity contribution < 1.29 is 9.53 Å². The minimum absolute atomic E-state index is 0.384. The number of para-hydroxylation sites is 3. The first-order chi connectivity index (χ1) is 20.9. The standard InChI is InChI=1S/C36H30ClN3O2S/c1-25(38-36(26-15-6-3-7-16-26,27-17-8-4-9-18-27)28-19-10-5-11-20-28)34(41)42-32-24-13-12-22-30(32)40-33-29(37)21-14-23-31(33)39(2)35(40)43/h3-25,38H,1-2H3/t25-/m0/s1. The molecule has 1 aromatic heterocycles. The van der Waals surface area contributed by atoms with Crippen LogP contribution < -0.4 is 10.1 Å². The summed E-state index contributed by atoms with van der Waals surface area (Å²) in [5, 5.41) is 4.24. The van der Waals surface area contributed by atoms with Crippen LogP contribution in [0.15, 0.2) is 133 Å². The molecular formula is C36H30ClN3O2S. The zero-order chi connectivity index (χ0) is 30.0. The van der Waals surface area contributed by atoms with Gasteiger partial charge in [-0.2, -0.15) is 0 Å². The van der Waals surface area contributed by atoms with Crippen LogP contribution in [0.1, 0.15) is 23.6 Å². The first-order valence-corrected chi connectivity index (χ1v) is 14.8. The van der Waals surface area contributed by atoms with Gasteiger partial charge in [0.25, 0.3) is 0 Å². The SMILES string of the molecule is C[C@H](NC(c1ccccc1)(c1ccccc1)c1ccccc1)C(=O)Oc1ccccc1-n1c(=S)n(C)c2cccc(Cl)c21. The summed E-state index contributed by atoms with van der Waals surface area (Å²) in [4.78, 5) is 13.9. The number of fused-ring (bicyclic) bond motifs is 1. The fourth-order valence-electron chi connectivity index (χ4n) is 5.69. The quantitative estimate of drug-likeness (QED) is 0.0824. The first kappa shape index (κ1) is 28.6. The van der Waals surface area contributed by atoms with Crippen LogP contribution in [0.3, 0.4) is 0 Å². The van der Waals surface area contributed by atoms with Crippen LogP contribution in [0.4, 0.5) is 0 Å². The second-order valence-corrected chi connectivity index (χ2v) is 11.2. The minimum Gasteiger partial charge on any atom is -0.423 e. The molecule has 0 saturated carbocycles. The molecule has 1 heterocycles. The molecule has 6 rings (SSSR count). The Morgan fingerprint density at radius 3 is 1.84 bits per heavy atom. The molecule has 43 heavy (non-hydrogen) atoms. The summed E-state index contributed by atoms with van der Waals surface area (Å²) in [6, 6.07) is 42.8. The number of nitrogens with one attached hydrogen (secondary N) is 1. The van der Waals surface area contributed by atoms with Crippen molar-refractivity contribution in [3.63, 3.8) is 0 Å². The molecule has 214 valence electrons. The molecule has 0 radical (unpaired) electrons. The molecule has 5 aromatic carbocycles. The van der Waals surface area contributed by atoms with Crippen molar-refractivity contribution in [1.29, 1.82) is 0 Å².